The molecule has 3 rings (SSSR count). The van der Waals surface area contributed by atoms with Crippen LogP contribution in [0.1, 0.15) is 0 Å². The molecule has 0 amide bonds. The first-order chi connectivity index (χ1) is 12.8. The van der Waals surface area contributed by atoms with Gasteiger partial charge in [-0.1, -0.05) is 36.4 Å². The Hall–Kier alpha value is -3.12. The standard InChI is InChI=1S/C21H23N3O3/c1-24(2,3)12-13-27-20-11-7-6-10-17(20)22-23-21-16-9-5-4-8-15(16)18(25)14-19(21)26/h4-11,14H,12-13H2,1-3H3,(H-,22,25,26)/p+1. The molecule has 140 valence electrons. The van der Waals surface area contributed by atoms with Crippen LogP contribution < -0.4 is 4.74 Å². The number of likely N-dealkylation sites (N-methyl/N-ethyl adjacent to an activating group) is 1. The summed E-state index contributed by atoms with van der Waals surface area (Å²) in [7, 11) is 6.31. The number of hydrogen-bond donors (Lipinski definition) is 2. The number of phenols is 2. The van der Waals surface area contributed by atoms with Crippen molar-refractivity contribution in [1.29, 1.82) is 0 Å². The minimum Gasteiger partial charge on any atom is -0.507 e. The Morgan fingerprint density at radius 3 is 2.26 bits per heavy atom. The van der Waals surface area contributed by atoms with E-state index in [-0.39, 0.29) is 11.5 Å². The van der Waals surface area contributed by atoms with E-state index in [0.29, 0.717) is 34.5 Å². The molecule has 0 aromatic heterocycles. The van der Waals surface area contributed by atoms with Crippen LogP contribution in [0.25, 0.3) is 10.8 Å². The third-order valence-corrected chi connectivity index (χ3v) is 4.12. The van der Waals surface area contributed by atoms with Crippen LogP contribution in [-0.4, -0.2) is 49.0 Å². The minimum absolute atomic E-state index is 0.00564. The third kappa shape index (κ3) is 4.54. The molecule has 0 saturated heterocycles. The average molecular weight is 366 g/mol. The number of azo groups is 1. The Morgan fingerprint density at radius 1 is 0.852 bits per heavy atom. The van der Waals surface area contributed by atoms with Crippen molar-refractivity contribution < 1.29 is 19.4 Å². The molecule has 0 fully saturated rings. The Bertz CT molecular complexity index is 978. The van der Waals surface area contributed by atoms with E-state index in [1.165, 1.54) is 6.07 Å². The highest BCUT2D eigenvalue weighted by molar-refractivity contribution is 5.99. The number of hydrogen-bond acceptors (Lipinski definition) is 5. The number of fused-ring (bicyclic) bond motifs is 1. The van der Waals surface area contributed by atoms with Gasteiger partial charge in [0.05, 0.1) is 21.1 Å². The monoisotopic (exact) mass is 366 g/mol. The number of rotatable bonds is 6. The van der Waals surface area contributed by atoms with E-state index < -0.39 is 0 Å². The quantitative estimate of drug-likeness (QED) is 0.488. The van der Waals surface area contributed by atoms with E-state index in [0.717, 1.165) is 11.0 Å². The van der Waals surface area contributed by atoms with E-state index >= 15 is 0 Å². The van der Waals surface area contributed by atoms with Gasteiger partial charge in [0.2, 0.25) is 0 Å². The molecular weight excluding hydrogens is 342 g/mol. The van der Waals surface area contributed by atoms with Crippen LogP contribution in [0.3, 0.4) is 0 Å². The number of ether oxygens (including phenoxy) is 1. The molecule has 27 heavy (non-hydrogen) atoms. The summed E-state index contributed by atoms with van der Waals surface area (Å²) >= 11 is 0. The molecule has 3 aromatic rings. The summed E-state index contributed by atoms with van der Waals surface area (Å²) in [6.45, 7) is 1.41. The molecule has 0 aliphatic heterocycles. The van der Waals surface area contributed by atoms with Crippen molar-refractivity contribution in [3.63, 3.8) is 0 Å². The zero-order valence-electron chi connectivity index (χ0n) is 15.8. The van der Waals surface area contributed by atoms with Crippen molar-refractivity contribution in [1.82, 2.24) is 0 Å². The number of phenolic OH excluding ortho intramolecular Hbond substituents is 2. The normalized spacial score (nSPS) is 12.0. The minimum atomic E-state index is -0.126. The fourth-order valence-corrected chi connectivity index (χ4v) is 2.63. The first-order valence-electron chi connectivity index (χ1n) is 8.73. The number of nitrogens with zero attached hydrogens (tertiary/aromatic N) is 3. The third-order valence-electron chi connectivity index (χ3n) is 4.12. The Labute approximate surface area is 158 Å². The molecule has 0 unspecified atom stereocenters. The second kappa shape index (κ2) is 7.63. The van der Waals surface area contributed by atoms with Gasteiger partial charge in [-0.05, 0) is 12.1 Å². The van der Waals surface area contributed by atoms with Gasteiger partial charge < -0.3 is 19.4 Å². The Morgan fingerprint density at radius 2 is 1.52 bits per heavy atom. The highest BCUT2D eigenvalue weighted by atomic mass is 16.5. The van der Waals surface area contributed by atoms with Crippen LogP contribution in [0.5, 0.6) is 17.2 Å². The topological polar surface area (TPSA) is 74.4 Å². The summed E-state index contributed by atoms with van der Waals surface area (Å²) in [6, 6.07) is 15.9. The molecule has 6 heteroatoms. The van der Waals surface area contributed by atoms with Crippen molar-refractivity contribution in [3.8, 4) is 17.2 Å². The van der Waals surface area contributed by atoms with E-state index in [1.807, 2.05) is 36.4 Å². The van der Waals surface area contributed by atoms with Gasteiger partial charge in [-0.3, -0.25) is 0 Å². The van der Waals surface area contributed by atoms with E-state index in [1.54, 1.807) is 12.1 Å². The fourth-order valence-electron chi connectivity index (χ4n) is 2.63. The number of para-hydroxylation sites is 1. The summed E-state index contributed by atoms with van der Waals surface area (Å²) in [6.07, 6.45) is 0. The molecule has 0 aliphatic carbocycles. The second-order valence-electron chi connectivity index (χ2n) is 7.34. The molecule has 0 aliphatic rings. The maximum absolute atomic E-state index is 10.2. The smallest absolute Gasteiger partial charge is 0.147 e. The predicted octanol–water partition coefficient (Wildman–Crippen LogP) is 4.75. The molecule has 3 aromatic carbocycles. The molecular formula is C21H24N3O3+. The molecule has 6 nitrogen and oxygen atoms in total. The average Bonchev–Trinajstić information content (AvgIpc) is 2.61. The molecule has 2 N–H and O–H groups in total. The van der Waals surface area contributed by atoms with Gasteiger partial charge in [-0.2, -0.15) is 0 Å². The van der Waals surface area contributed by atoms with Crippen molar-refractivity contribution >= 4 is 22.1 Å². The fraction of sp³-hybridized carbons (Fsp3) is 0.238. The highest BCUT2D eigenvalue weighted by Gasteiger charge is 2.12. The van der Waals surface area contributed by atoms with Crippen LogP contribution >= 0.6 is 0 Å². The number of aromatic hydroxyl groups is 2. The second-order valence-corrected chi connectivity index (χ2v) is 7.34. The van der Waals surface area contributed by atoms with Crippen molar-refractivity contribution in [2.75, 3.05) is 34.3 Å². The summed E-state index contributed by atoms with van der Waals surface area (Å²) in [5.74, 6) is 0.516. The zero-order chi connectivity index (χ0) is 19.4. The Balaban J connectivity index is 1.90. The lowest BCUT2D eigenvalue weighted by molar-refractivity contribution is -0.870. The van der Waals surface area contributed by atoms with Gasteiger partial charge >= 0.3 is 0 Å². The van der Waals surface area contributed by atoms with Gasteiger partial charge in [0.25, 0.3) is 0 Å². The summed E-state index contributed by atoms with van der Waals surface area (Å²) in [5, 5.41) is 30.0. The lowest BCUT2D eigenvalue weighted by Gasteiger charge is -2.23. The predicted molar refractivity (Wildman–Crippen MR) is 106 cm³/mol. The van der Waals surface area contributed by atoms with E-state index in [2.05, 4.69) is 31.4 Å². The maximum atomic E-state index is 10.2. The van der Waals surface area contributed by atoms with Crippen molar-refractivity contribution in [3.05, 3.63) is 54.6 Å². The molecule has 0 radical (unpaired) electrons. The van der Waals surface area contributed by atoms with Crippen LogP contribution in [0.4, 0.5) is 11.4 Å². The van der Waals surface area contributed by atoms with Gasteiger partial charge in [0, 0.05) is 16.8 Å². The maximum Gasteiger partial charge on any atom is 0.147 e. The van der Waals surface area contributed by atoms with E-state index in [4.69, 9.17) is 4.74 Å². The number of quaternary nitrogens is 1. The molecule has 0 saturated carbocycles. The lowest BCUT2D eigenvalue weighted by atomic mass is 10.1. The van der Waals surface area contributed by atoms with Crippen LogP contribution in [0, 0.1) is 0 Å². The first-order valence-corrected chi connectivity index (χ1v) is 8.73. The van der Waals surface area contributed by atoms with Crippen LogP contribution in [0.2, 0.25) is 0 Å². The SMILES string of the molecule is C[N+](C)(C)CCOc1ccccc1/N=N/c1c(O)cc(O)c2ccccc12. The largest absolute Gasteiger partial charge is 0.507 e. The summed E-state index contributed by atoms with van der Waals surface area (Å²) in [4.78, 5) is 0. The van der Waals surface area contributed by atoms with E-state index in [9.17, 15) is 10.2 Å². The van der Waals surface area contributed by atoms with Gasteiger partial charge in [-0.15, -0.1) is 10.2 Å². The van der Waals surface area contributed by atoms with Crippen LogP contribution in [0.15, 0.2) is 64.8 Å². The summed E-state index contributed by atoms with van der Waals surface area (Å²) in [5.41, 5.74) is 0.889. The highest BCUT2D eigenvalue weighted by Crippen LogP contribution is 2.41. The van der Waals surface area contributed by atoms with Gasteiger partial charge in [0.15, 0.2) is 0 Å². The van der Waals surface area contributed by atoms with Gasteiger partial charge in [-0.25, -0.2) is 0 Å². The summed E-state index contributed by atoms with van der Waals surface area (Å²) < 4.78 is 6.67. The Kier molecular flexibility index (Phi) is 5.28. The molecule has 0 heterocycles. The molecule has 0 spiro atoms. The van der Waals surface area contributed by atoms with Crippen molar-refractivity contribution in [2.45, 2.75) is 0 Å². The van der Waals surface area contributed by atoms with Gasteiger partial charge in [0.1, 0.15) is 41.8 Å². The lowest BCUT2D eigenvalue weighted by Crippen LogP contribution is -2.38. The first kappa shape index (κ1) is 18.7. The zero-order valence-corrected chi connectivity index (χ0v) is 15.8. The molecule has 0 bridgehead atoms. The van der Waals surface area contributed by atoms with Crippen molar-refractivity contribution in [2.24, 2.45) is 10.2 Å². The number of benzene rings is 3. The molecule has 0 atom stereocenters. The van der Waals surface area contributed by atoms with Crippen LogP contribution in [-0.2, 0) is 0 Å².